The van der Waals surface area contributed by atoms with E-state index in [2.05, 4.69) is 10.3 Å². The van der Waals surface area contributed by atoms with Crippen LogP contribution in [0.15, 0.2) is 88.8 Å². The van der Waals surface area contributed by atoms with E-state index in [1.807, 2.05) is 49.4 Å². The molecule has 0 saturated carbocycles. The van der Waals surface area contributed by atoms with Crippen LogP contribution in [-0.2, 0) is 16.4 Å². The van der Waals surface area contributed by atoms with E-state index >= 15 is 0 Å². The van der Waals surface area contributed by atoms with Crippen molar-refractivity contribution in [1.29, 1.82) is 0 Å². The zero-order valence-corrected chi connectivity index (χ0v) is 18.7. The maximum atomic E-state index is 13.5. The number of rotatable bonds is 8. The molecule has 0 atom stereocenters. The summed E-state index contributed by atoms with van der Waals surface area (Å²) in [5.74, 6) is 1.42. The monoisotopic (exact) mass is 448 g/mol. The second kappa shape index (κ2) is 9.28. The SMILES string of the molecule is CCOc1ccc2ncc(S(=O)(=O)c3ccccc3)c(NCc3ccc(OC)cc3)c2c1. The van der Waals surface area contributed by atoms with Gasteiger partial charge in [0.1, 0.15) is 16.4 Å². The highest BCUT2D eigenvalue weighted by Gasteiger charge is 2.24. The Hall–Kier alpha value is -3.58. The molecule has 7 heteroatoms. The normalized spacial score (nSPS) is 11.3. The molecule has 6 nitrogen and oxygen atoms in total. The Bertz CT molecular complexity index is 1320. The first-order chi connectivity index (χ1) is 15.5. The summed E-state index contributed by atoms with van der Waals surface area (Å²) >= 11 is 0. The van der Waals surface area contributed by atoms with E-state index in [9.17, 15) is 8.42 Å². The van der Waals surface area contributed by atoms with Crippen LogP contribution in [0.4, 0.5) is 5.69 Å². The van der Waals surface area contributed by atoms with Gasteiger partial charge in [-0.2, -0.15) is 0 Å². The van der Waals surface area contributed by atoms with Gasteiger partial charge < -0.3 is 14.8 Å². The average molecular weight is 449 g/mol. The van der Waals surface area contributed by atoms with Crippen LogP contribution < -0.4 is 14.8 Å². The fraction of sp³-hybridized carbons (Fsp3) is 0.160. The second-order valence-electron chi connectivity index (χ2n) is 7.13. The standard InChI is InChI=1S/C25H24N2O4S/c1-3-31-20-13-14-23-22(15-20)25(27-16-18-9-11-19(30-2)12-10-18)24(17-26-23)32(28,29)21-7-5-4-6-8-21/h4-15,17H,3,16H2,1-2H3,(H,26,27). The second-order valence-corrected chi connectivity index (χ2v) is 9.05. The Kier molecular flexibility index (Phi) is 6.28. The Morgan fingerprint density at radius 2 is 1.66 bits per heavy atom. The van der Waals surface area contributed by atoms with Gasteiger partial charge in [0.2, 0.25) is 9.84 Å². The van der Waals surface area contributed by atoms with Gasteiger partial charge in [0.15, 0.2) is 0 Å². The molecule has 0 spiro atoms. The molecule has 1 heterocycles. The Morgan fingerprint density at radius 3 is 2.34 bits per heavy atom. The van der Waals surface area contributed by atoms with Crippen molar-refractivity contribution in [3.63, 3.8) is 0 Å². The highest BCUT2D eigenvalue weighted by atomic mass is 32.2. The van der Waals surface area contributed by atoms with Gasteiger partial charge in [0, 0.05) is 18.1 Å². The number of nitrogens with one attached hydrogen (secondary N) is 1. The number of nitrogens with zero attached hydrogens (tertiary/aromatic N) is 1. The maximum absolute atomic E-state index is 13.5. The van der Waals surface area contributed by atoms with Crippen LogP contribution in [0.2, 0.25) is 0 Å². The lowest BCUT2D eigenvalue weighted by Crippen LogP contribution is -2.09. The lowest BCUT2D eigenvalue weighted by molar-refractivity contribution is 0.340. The van der Waals surface area contributed by atoms with E-state index in [1.165, 1.54) is 6.20 Å². The molecule has 0 amide bonds. The molecular weight excluding hydrogens is 424 g/mol. The summed E-state index contributed by atoms with van der Waals surface area (Å²) in [6.45, 7) is 2.84. The topological polar surface area (TPSA) is 77.5 Å². The summed E-state index contributed by atoms with van der Waals surface area (Å²) in [6, 6.07) is 21.5. The number of fused-ring (bicyclic) bond motifs is 1. The van der Waals surface area contributed by atoms with Crippen LogP contribution in [0.25, 0.3) is 10.9 Å². The molecule has 0 saturated heterocycles. The lowest BCUT2D eigenvalue weighted by Gasteiger charge is -2.16. The van der Waals surface area contributed by atoms with Crippen molar-refractivity contribution >= 4 is 26.4 Å². The predicted octanol–water partition coefficient (Wildman–Crippen LogP) is 5.09. The fourth-order valence-electron chi connectivity index (χ4n) is 3.46. The minimum absolute atomic E-state index is 0.123. The summed E-state index contributed by atoms with van der Waals surface area (Å²) in [4.78, 5) is 4.76. The number of anilines is 1. The van der Waals surface area contributed by atoms with Gasteiger partial charge in [-0.1, -0.05) is 30.3 Å². The summed E-state index contributed by atoms with van der Waals surface area (Å²) < 4.78 is 37.8. The minimum atomic E-state index is -3.79. The molecule has 0 radical (unpaired) electrons. The largest absolute Gasteiger partial charge is 0.497 e. The van der Waals surface area contributed by atoms with Crippen molar-refractivity contribution in [2.75, 3.05) is 19.0 Å². The molecule has 0 fully saturated rings. The first kappa shape index (κ1) is 21.6. The summed E-state index contributed by atoms with van der Waals surface area (Å²) in [7, 11) is -2.17. The van der Waals surface area contributed by atoms with Crippen LogP contribution in [-0.4, -0.2) is 27.1 Å². The average Bonchev–Trinajstić information content (AvgIpc) is 2.83. The van der Waals surface area contributed by atoms with Crippen molar-refractivity contribution in [1.82, 2.24) is 4.98 Å². The molecule has 4 aromatic rings. The fourth-order valence-corrected chi connectivity index (χ4v) is 4.87. The molecule has 0 aliphatic heterocycles. The third-order valence-corrected chi connectivity index (χ3v) is 6.87. The van der Waals surface area contributed by atoms with Crippen molar-refractivity contribution in [2.45, 2.75) is 23.3 Å². The van der Waals surface area contributed by atoms with E-state index in [4.69, 9.17) is 9.47 Å². The number of aromatic nitrogens is 1. The van der Waals surface area contributed by atoms with Gasteiger partial charge in [-0.3, -0.25) is 4.98 Å². The van der Waals surface area contributed by atoms with Crippen molar-refractivity contribution in [3.8, 4) is 11.5 Å². The lowest BCUT2D eigenvalue weighted by atomic mass is 10.1. The van der Waals surface area contributed by atoms with E-state index in [1.54, 1.807) is 37.4 Å². The van der Waals surface area contributed by atoms with Gasteiger partial charge in [0.25, 0.3) is 0 Å². The number of hydrogen-bond donors (Lipinski definition) is 1. The molecular formula is C25H24N2O4S. The first-order valence-corrected chi connectivity index (χ1v) is 11.7. The molecule has 1 N–H and O–H groups in total. The van der Waals surface area contributed by atoms with Crippen molar-refractivity contribution in [3.05, 3.63) is 84.6 Å². The maximum Gasteiger partial charge on any atom is 0.210 e. The number of methoxy groups -OCH3 is 1. The molecule has 0 aliphatic carbocycles. The van der Waals surface area contributed by atoms with Crippen LogP contribution in [0.3, 0.4) is 0 Å². The molecule has 0 unspecified atom stereocenters. The third kappa shape index (κ3) is 4.38. The van der Waals surface area contributed by atoms with E-state index in [0.717, 1.165) is 11.3 Å². The number of benzene rings is 3. The van der Waals surface area contributed by atoms with Crippen LogP contribution >= 0.6 is 0 Å². The van der Waals surface area contributed by atoms with Crippen LogP contribution in [0.5, 0.6) is 11.5 Å². The molecule has 3 aromatic carbocycles. The summed E-state index contributed by atoms with van der Waals surface area (Å²) in [5, 5.41) is 4.02. The van der Waals surface area contributed by atoms with Gasteiger partial charge >= 0.3 is 0 Å². The molecule has 0 aliphatic rings. The Morgan fingerprint density at radius 1 is 0.938 bits per heavy atom. The molecule has 4 rings (SSSR count). The Labute approximate surface area is 187 Å². The van der Waals surface area contributed by atoms with Crippen molar-refractivity contribution in [2.24, 2.45) is 0 Å². The van der Waals surface area contributed by atoms with Gasteiger partial charge in [-0.25, -0.2) is 8.42 Å². The van der Waals surface area contributed by atoms with Crippen LogP contribution in [0, 0.1) is 0 Å². The zero-order valence-electron chi connectivity index (χ0n) is 17.9. The number of hydrogen-bond acceptors (Lipinski definition) is 6. The molecule has 0 bridgehead atoms. The molecule has 164 valence electrons. The predicted molar refractivity (Wildman–Crippen MR) is 125 cm³/mol. The number of pyridine rings is 1. The number of ether oxygens (including phenoxy) is 2. The summed E-state index contributed by atoms with van der Waals surface area (Å²) in [5.41, 5.74) is 2.16. The first-order valence-electron chi connectivity index (χ1n) is 10.3. The molecule has 32 heavy (non-hydrogen) atoms. The third-order valence-electron chi connectivity index (χ3n) is 5.09. The van der Waals surface area contributed by atoms with E-state index < -0.39 is 9.84 Å². The van der Waals surface area contributed by atoms with Gasteiger partial charge in [-0.15, -0.1) is 0 Å². The van der Waals surface area contributed by atoms with Gasteiger partial charge in [0.05, 0.1) is 29.8 Å². The highest BCUT2D eigenvalue weighted by molar-refractivity contribution is 7.91. The van der Waals surface area contributed by atoms with E-state index in [0.29, 0.717) is 35.5 Å². The van der Waals surface area contributed by atoms with Crippen molar-refractivity contribution < 1.29 is 17.9 Å². The van der Waals surface area contributed by atoms with E-state index in [-0.39, 0.29) is 9.79 Å². The smallest absolute Gasteiger partial charge is 0.210 e. The van der Waals surface area contributed by atoms with Crippen LogP contribution in [0.1, 0.15) is 12.5 Å². The number of sulfone groups is 1. The van der Waals surface area contributed by atoms with Gasteiger partial charge in [-0.05, 0) is 55.0 Å². The minimum Gasteiger partial charge on any atom is -0.497 e. The summed E-state index contributed by atoms with van der Waals surface area (Å²) in [6.07, 6.45) is 1.42. The Balaban J connectivity index is 1.83. The molecule has 1 aromatic heterocycles. The quantitative estimate of drug-likeness (QED) is 0.405. The highest BCUT2D eigenvalue weighted by Crippen LogP contribution is 2.35. The zero-order chi connectivity index (χ0) is 22.6.